The van der Waals surface area contributed by atoms with Crippen LogP contribution < -0.4 is 5.32 Å². The van der Waals surface area contributed by atoms with Crippen LogP contribution in [0.5, 0.6) is 0 Å². The summed E-state index contributed by atoms with van der Waals surface area (Å²) < 4.78 is 0. The summed E-state index contributed by atoms with van der Waals surface area (Å²) in [6.45, 7) is 4.80. The number of hydrogen-bond acceptors (Lipinski definition) is 1. The molecule has 0 fully saturated rings. The van der Waals surface area contributed by atoms with Crippen LogP contribution in [0, 0.1) is 13.8 Å². The fourth-order valence-corrected chi connectivity index (χ4v) is 2.56. The van der Waals surface area contributed by atoms with Gasteiger partial charge in [0.2, 0.25) is 0 Å². The Kier molecular flexibility index (Phi) is 4.78. The molecule has 1 aliphatic carbocycles. The van der Waals surface area contributed by atoms with Crippen LogP contribution in [0.4, 0.5) is 0 Å². The summed E-state index contributed by atoms with van der Waals surface area (Å²) >= 11 is 0. The van der Waals surface area contributed by atoms with Crippen molar-refractivity contribution in [2.45, 2.75) is 46.0 Å². The average Bonchev–Trinajstić information content (AvgIpc) is 2.43. The smallest absolute Gasteiger partial charge is 0.251 e. The molecule has 2 nitrogen and oxygen atoms in total. The summed E-state index contributed by atoms with van der Waals surface area (Å²) in [5.41, 5.74) is 4.56. The van der Waals surface area contributed by atoms with Crippen LogP contribution in [0.25, 0.3) is 0 Å². The molecule has 0 saturated heterocycles. The van der Waals surface area contributed by atoms with E-state index in [-0.39, 0.29) is 5.91 Å². The lowest BCUT2D eigenvalue weighted by atomic mass is 9.97. The van der Waals surface area contributed by atoms with Crippen molar-refractivity contribution in [2.75, 3.05) is 6.54 Å². The topological polar surface area (TPSA) is 29.1 Å². The second kappa shape index (κ2) is 6.55. The van der Waals surface area contributed by atoms with E-state index in [2.05, 4.69) is 11.4 Å². The molecule has 0 saturated carbocycles. The molecular formula is C17H23NO. The van der Waals surface area contributed by atoms with E-state index in [1.807, 2.05) is 32.0 Å². The number of nitrogens with one attached hydrogen (secondary N) is 1. The highest BCUT2D eigenvalue weighted by Gasteiger charge is 2.10. The zero-order chi connectivity index (χ0) is 13.7. The van der Waals surface area contributed by atoms with Gasteiger partial charge in [0.15, 0.2) is 0 Å². The van der Waals surface area contributed by atoms with Crippen LogP contribution in [0.15, 0.2) is 29.8 Å². The number of aryl methyl sites for hydroxylation is 1. The van der Waals surface area contributed by atoms with Gasteiger partial charge in [0.25, 0.3) is 5.91 Å². The first-order chi connectivity index (χ1) is 9.18. The average molecular weight is 257 g/mol. The molecule has 0 unspecified atom stereocenters. The lowest BCUT2D eigenvalue weighted by molar-refractivity contribution is 0.0953. The minimum atomic E-state index is 0.0533. The molecule has 102 valence electrons. The molecule has 1 aromatic carbocycles. The molecule has 0 aliphatic heterocycles. The molecule has 1 amide bonds. The van der Waals surface area contributed by atoms with Crippen molar-refractivity contribution in [1.82, 2.24) is 5.32 Å². The lowest BCUT2D eigenvalue weighted by Crippen LogP contribution is -2.25. The molecular weight excluding hydrogens is 234 g/mol. The summed E-state index contributed by atoms with van der Waals surface area (Å²) in [6.07, 6.45) is 8.37. The van der Waals surface area contributed by atoms with Crippen molar-refractivity contribution >= 4 is 5.91 Å². The zero-order valence-electron chi connectivity index (χ0n) is 12.0. The number of hydrogen-bond donors (Lipinski definition) is 1. The van der Waals surface area contributed by atoms with Crippen LogP contribution in [-0.2, 0) is 0 Å². The van der Waals surface area contributed by atoms with E-state index < -0.39 is 0 Å². The third kappa shape index (κ3) is 3.69. The third-order valence-corrected chi connectivity index (χ3v) is 3.97. The normalized spacial score (nSPS) is 14.9. The molecule has 2 rings (SSSR count). The monoisotopic (exact) mass is 257 g/mol. The van der Waals surface area contributed by atoms with Crippen molar-refractivity contribution in [2.24, 2.45) is 0 Å². The molecule has 19 heavy (non-hydrogen) atoms. The Morgan fingerprint density at radius 2 is 2.11 bits per heavy atom. The van der Waals surface area contributed by atoms with E-state index in [4.69, 9.17) is 0 Å². The van der Waals surface area contributed by atoms with Crippen molar-refractivity contribution < 1.29 is 4.79 Å². The summed E-state index contributed by atoms with van der Waals surface area (Å²) in [5.74, 6) is 0.0533. The molecule has 0 bridgehead atoms. The number of benzene rings is 1. The SMILES string of the molecule is Cc1cccc(C(=O)NCCC2=CCCCC2)c1C. The van der Waals surface area contributed by atoms with E-state index in [0.717, 1.165) is 24.1 Å². The molecule has 0 radical (unpaired) electrons. The second-order valence-corrected chi connectivity index (χ2v) is 5.36. The van der Waals surface area contributed by atoms with Gasteiger partial charge in [-0.15, -0.1) is 0 Å². The number of rotatable bonds is 4. The van der Waals surface area contributed by atoms with Gasteiger partial charge in [0.1, 0.15) is 0 Å². The van der Waals surface area contributed by atoms with Crippen LogP contribution in [0.3, 0.4) is 0 Å². The Morgan fingerprint density at radius 1 is 1.26 bits per heavy atom. The molecule has 0 atom stereocenters. The fraction of sp³-hybridized carbons (Fsp3) is 0.471. The Hall–Kier alpha value is -1.57. The Morgan fingerprint density at radius 3 is 2.84 bits per heavy atom. The largest absolute Gasteiger partial charge is 0.352 e. The highest BCUT2D eigenvalue weighted by atomic mass is 16.1. The highest BCUT2D eigenvalue weighted by molar-refractivity contribution is 5.95. The molecule has 1 aliphatic rings. The van der Waals surface area contributed by atoms with E-state index >= 15 is 0 Å². The number of allylic oxidation sites excluding steroid dienone is 1. The van der Waals surface area contributed by atoms with Crippen molar-refractivity contribution in [3.63, 3.8) is 0 Å². The first-order valence-corrected chi connectivity index (χ1v) is 7.21. The van der Waals surface area contributed by atoms with Gasteiger partial charge in [-0.3, -0.25) is 4.79 Å². The van der Waals surface area contributed by atoms with Gasteiger partial charge in [-0.2, -0.15) is 0 Å². The molecule has 1 aromatic rings. The van der Waals surface area contributed by atoms with E-state index in [1.165, 1.54) is 36.8 Å². The molecule has 0 aromatic heterocycles. The van der Waals surface area contributed by atoms with E-state index in [9.17, 15) is 4.79 Å². The Bertz CT molecular complexity index is 488. The molecule has 0 heterocycles. The Balaban J connectivity index is 1.87. The summed E-state index contributed by atoms with van der Waals surface area (Å²) in [6, 6.07) is 5.89. The summed E-state index contributed by atoms with van der Waals surface area (Å²) in [5, 5.41) is 3.03. The fourth-order valence-electron chi connectivity index (χ4n) is 2.56. The van der Waals surface area contributed by atoms with Crippen LogP contribution in [0.1, 0.15) is 53.6 Å². The minimum absolute atomic E-state index is 0.0533. The first kappa shape index (κ1) is 13.9. The maximum atomic E-state index is 12.1. The quantitative estimate of drug-likeness (QED) is 0.814. The van der Waals surface area contributed by atoms with Gasteiger partial charge in [0.05, 0.1) is 0 Å². The molecule has 0 spiro atoms. The van der Waals surface area contributed by atoms with Gasteiger partial charge in [-0.05, 0) is 63.1 Å². The maximum Gasteiger partial charge on any atom is 0.251 e. The first-order valence-electron chi connectivity index (χ1n) is 7.21. The predicted octanol–water partition coefficient (Wildman–Crippen LogP) is 3.92. The number of carbonyl (C=O) groups excluding carboxylic acids is 1. The summed E-state index contributed by atoms with van der Waals surface area (Å²) in [4.78, 5) is 12.1. The second-order valence-electron chi connectivity index (χ2n) is 5.36. The lowest BCUT2D eigenvalue weighted by Gasteiger charge is -2.13. The highest BCUT2D eigenvalue weighted by Crippen LogP contribution is 2.19. The third-order valence-electron chi connectivity index (χ3n) is 3.97. The van der Waals surface area contributed by atoms with Crippen molar-refractivity contribution in [3.05, 3.63) is 46.5 Å². The van der Waals surface area contributed by atoms with Crippen LogP contribution >= 0.6 is 0 Å². The maximum absolute atomic E-state index is 12.1. The van der Waals surface area contributed by atoms with Gasteiger partial charge in [-0.25, -0.2) is 0 Å². The van der Waals surface area contributed by atoms with Gasteiger partial charge in [-0.1, -0.05) is 23.8 Å². The van der Waals surface area contributed by atoms with Gasteiger partial charge < -0.3 is 5.32 Å². The Labute approximate surface area is 115 Å². The van der Waals surface area contributed by atoms with Gasteiger partial charge in [0, 0.05) is 12.1 Å². The standard InChI is InChI=1S/C17H23NO/c1-13-7-6-10-16(14(13)2)17(19)18-12-11-15-8-4-3-5-9-15/h6-8,10H,3-5,9,11-12H2,1-2H3,(H,18,19). The van der Waals surface area contributed by atoms with Crippen molar-refractivity contribution in [1.29, 1.82) is 0 Å². The summed E-state index contributed by atoms with van der Waals surface area (Å²) in [7, 11) is 0. The minimum Gasteiger partial charge on any atom is -0.352 e. The number of carbonyl (C=O) groups is 1. The number of amides is 1. The van der Waals surface area contributed by atoms with E-state index in [1.54, 1.807) is 0 Å². The zero-order valence-corrected chi connectivity index (χ0v) is 12.0. The van der Waals surface area contributed by atoms with Gasteiger partial charge >= 0.3 is 0 Å². The van der Waals surface area contributed by atoms with E-state index in [0.29, 0.717) is 0 Å². The molecule has 1 N–H and O–H groups in total. The van der Waals surface area contributed by atoms with Crippen LogP contribution in [0.2, 0.25) is 0 Å². The predicted molar refractivity (Wildman–Crippen MR) is 79.4 cm³/mol. The van der Waals surface area contributed by atoms with Crippen LogP contribution in [-0.4, -0.2) is 12.5 Å². The van der Waals surface area contributed by atoms with Crippen molar-refractivity contribution in [3.8, 4) is 0 Å². The molecule has 2 heteroatoms.